The third kappa shape index (κ3) is 2.77. The van der Waals surface area contributed by atoms with Crippen LogP contribution >= 0.6 is 11.6 Å². The van der Waals surface area contributed by atoms with Crippen LogP contribution in [0.3, 0.4) is 0 Å². The number of rotatable bonds is 3. The molecule has 0 unspecified atom stereocenters. The van der Waals surface area contributed by atoms with E-state index in [9.17, 15) is 0 Å². The Balaban J connectivity index is 2.31. The first-order valence-corrected chi connectivity index (χ1v) is 6.27. The number of para-hydroxylation sites is 1. The summed E-state index contributed by atoms with van der Waals surface area (Å²) in [5, 5.41) is 0.518. The summed E-state index contributed by atoms with van der Waals surface area (Å²) in [5.41, 5.74) is 7.62. The van der Waals surface area contributed by atoms with Gasteiger partial charge in [0, 0.05) is 0 Å². The largest absolute Gasteiger partial charge is 0.454 e. The van der Waals surface area contributed by atoms with E-state index in [2.05, 4.69) is 19.9 Å². The van der Waals surface area contributed by atoms with Gasteiger partial charge in [0.25, 0.3) is 0 Å². The summed E-state index contributed by atoms with van der Waals surface area (Å²) in [6.07, 6.45) is 0. The van der Waals surface area contributed by atoms with Crippen molar-refractivity contribution in [1.29, 1.82) is 0 Å². The Morgan fingerprint density at radius 1 is 1.11 bits per heavy atom. The lowest BCUT2D eigenvalue weighted by Gasteiger charge is -2.12. The molecule has 2 aromatic rings. The molecule has 2 aromatic carbocycles. The predicted molar refractivity (Wildman–Crippen MR) is 76.5 cm³/mol. The van der Waals surface area contributed by atoms with Gasteiger partial charge < -0.3 is 10.5 Å². The second kappa shape index (κ2) is 5.32. The highest BCUT2D eigenvalue weighted by Crippen LogP contribution is 2.35. The fourth-order valence-electron chi connectivity index (χ4n) is 1.69. The maximum Gasteiger partial charge on any atom is 0.168 e. The number of nitrogen functional groups attached to an aromatic ring is 1. The molecule has 0 spiro atoms. The van der Waals surface area contributed by atoms with E-state index in [1.54, 1.807) is 18.2 Å². The monoisotopic (exact) mass is 261 g/mol. The molecule has 0 saturated carbocycles. The van der Waals surface area contributed by atoms with Crippen molar-refractivity contribution in [3.05, 3.63) is 53.1 Å². The van der Waals surface area contributed by atoms with Gasteiger partial charge in [-0.05, 0) is 35.7 Å². The molecule has 3 heteroatoms. The van der Waals surface area contributed by atoms with Crippen LogP contribution in [0.25, 0.3) is 0 Å². The van der Waals surface area contributed by atoms with E-state index < -0.39 is 0 Å². The minimum absolute atomic E-state index is 0.456. The molecule has 2 rings (SSSR count). The maximum absolute atomic E-state index is 6.08. The lowest BCUT2D eigenvalue weighted by molar-refractivity contribution is 0.484. The van der Waals surface area contributed by atoms with Crippen molar-refractivity contribution in [2.75, 3.05) is 5.73 Å². The van der Waals surface area contributed by atoms with Crippen LogP contribution in [0.1, 0.15) is 25.3 Å². The van der Waals surface area contributed by atoms with Gasteiger partial charge in [-0.25, -0.2) is 0 Å². The molecule has 0 aliphatic carbocycles. The van der Waals surface area contributed by atoms with E-state index in [0.717, 1.165) is 5.75 Å². The first-order valence-electron chi connectivity index (χ1n) is 5.89. The minimum Gasteiger partial charge on any atom is -0.454 e. The van der Waals surface area contributed by atoms with Crippen LogP contribution in [0.15, 0.2) is 42.5 Å². The zero-order chi connectivity index (χ0) is 13.1. The Morgan fingerprint density at radius 2 is 1.83 bits per heavy atom. The zero-order valence-corrected chi connectivity index (χ0v) is 11.2. The van der Waals surface area contributed by atoms with Crippen molar-refractivity contribution in [3.63, 3.8) is 0 Å². The molecule has 2 N–H and O–H groups in total. The molecule has 0 aliphatic rings. The minimum atomic E-state index is 0.456. The molecule has 0 aromatic heterocycles. The lowest BCUT2D eigenvalue weighted by atomic mass is 10.0. The molecule has 0 heterocycles. The Hall–Kier alpha value is -1.67. The molecular formula is C15H16ClNO. The van der Waals surface area contributed by atoms with E-state index >= 15 is 0 Å². The van der Waals surface area contributed by atoms with Crippen molar-refractivity contribution in [2.45, 2.75) is 19.8 Å². The summed E-state index contributed by atoms with van der Waals surface area (Å²) in [6.45, 7) is 4.28. The van der Waals surface area contributed by atoms with Crippen LogP contribution in [0.5, 0.6) is 11.5 Å². The Kier molecular flexibility index (Phi) is 3.78. The Morgan fingerprint density at radius 3 is 2.50 bits per heavy atom. The average Bonchev–Trinajstić information content (AvgIpc) is 2.34. The van der Waals surface area contributed by atoms with Gasteiger partial charge in [0.1, 0.15) is 5.75 Å². The molecule has 0 aliphatic heterocycles. The van der Waals surface area contributed by atoms with Gasteiger partial charge in [0.2, 0.25) is 0 Å². The van der Waals surface area contributed by atoms with Crippen LogP contribution in [-0.4, -0.2) is 0 Å². The molecular weight excluding hydrogens is 246 g/mol. The van der Waals surface area contributed by atoms with Crippen LogP contribution in [0.4, 0.5) is 5.69 Å². The number of nitrogens with two attached hydrogens (primary N) is 1. The SMILES string of the molecule is CC(C)c1cccc(Oc2c(N)cccc2Cl)c1. The topological polar surface area (TPSA) is 35.2 Å². The molecule has 0 bridgehead atoms. The van der Waals surface area contributed by atoms with Crippen molar-refractivity contribution >= 4 is 17.3 Å². The number of ether oxygens (including phenoxy) is 1. The van der Waals surface area contributed by atoms with Gasteiger partial charge >= 0.3 is 0 Å². The van der Waals surface area contributed by atoms with E-state index in [-0.39, 0.29) is 0 Å². The van der Waals surface area contributed by atoms with E-state index in [4.69, 9.17) is 22.1 Å². The van der Waals surface area contributed by atoms with Gasteiger partial charge in [0.05, 0.1) is 10.7 Å². The van der Waals surface area contributed by atoms with Crippen LogP contribution in [0, 0.1) is 0 Å². The van der Waals surface area contributed by atoms with Crippen molar-refractivity contribution < 1.29 is 4.74 Å². The summed E-state index contributed by atoms with van der Waals surface area (Å²) in [5.74, 6) is 1.72. The summed E-state index contributed by atoms with van der Waals surface area (Å²) in [6, 6.07) is 13.3. The predicted octanol–water partition coefficient (Wildman–Crippen LogP) is 4.84. The average molecular weight is 262 g/mol. The third-order valence-corrected chi connectivity index (χ3v) is 3.04. The maximum atomic E-state index is 6.08. The van der Waals surface area contributed by atoms with Gasteiger partial charge in [0.15, 0.2) is 5.75 Å². The molecule has 0 amide bonds. The smallest absolute Gasteiger partial charge is 0.168 e. The van der Waals surface area contributed by atoms with Crippen molar-refractivity contribution in [1.82, 2.24) is 0 Å². The highest BCUT2D eigenvalue weighted by molar-refractivity contribution is 6.32. The highest BCUT2D eigenvalue weighted by atomic mass is 35.5. The quantitative estimate of drug-likeness (QED) is 0.803. The van der Waals surface area contributed by atoms with Crippen LogP contribution < -0.4 is 10.5 Å². The van der Waals surface area contributed by atoms with Gasteiger partial charge in [-0.3, -0.25) is 0 Å². The van der Waals surface area contributed by atoms with Crippen LogP contribution in [-0.2, 0) is 0 Å². The second-order valence-electron chi connectivity index (χ2n) is 4.49. The highest BCUT2D eigenvalue weighted by Gasteiger charge is 2.08. The van der Waals surface area contributed by atoms with E-state index in [1.807, 2.05) is 18.2 Å². The first-order chi connectivity index (χ1) is 8.58. The summed E-state index contributed by atoms with van der Waals surface area (Å²) in [7, 11) is 0. The lowest BCUT2D eigenvalue weighted by Crippen LogP contribution is -1.94. The number of anilines is 1. The van der Waals surface area contributed by atoms with Gasteiger partial charge in [-0.2, -0.15) is 0 Å². The molecule has 18 heavy (non-hydrogen) atoms. The number of hydrogen-bond acceptors (Lipinski definition) is 2. The summed E-state index contributed by atoms with van der Waals surface area (Å²) >= 11 is 6.08. The van der Waals surface area contributed by atoms with Crippen molar-refractivity contribution in [3.8, 4) is 11.5 Å². The summed E-state index contributed by atoms with van der Waals surface area (Å²) in [4.78, 5) is 0. The van der Waals surface area contributed by atoms with E-state index in [0.29, 0.717) is 22.4 Å². The second-order valence-corrected chi connectivity index (χ2v) is 4.89. The van der Waals surface area contributed by atoms with Gasteiger partial charge in [-0.1, -0.05) is 43.6 Å². The molecule has 0 fully saturated rings. The number of halogens is 1. The Bertz CT molecular complexity index is 532. The van der Waals surface area contributed by atoms with E-state index in [1.165, 1.54) is 5.56 Å². The molecule has 0 radical (unpaired) electrons. The first kappa shape index (κ1) is 12.8. The fourth-order valence-corrected chi connectivity index (χ4v) is 1.91. The molecule has 0 atom stereocenters. The number of hydrogen-bond donors (Lipinski definition) is 1. The molecule has 94 valence electrons. The number of benzene rings is 2. The standard InChI is InChI=1S/C15H16ClNO/c1-10(2)11-5-3-6-12(9-11)18-15-13(16)7-4-8-14(15)17/h3-10H,17H2,1-2H3. The van der Waals surface area contributed by atoms with Crippen molar-refractivity contribution in [2.24, 2.45) is 0 Å². The Labute approximate surface area is 112 Å². The molecule has 0 saturated heterocycles. The third-order valence-electron chi connectivity index (χ3n) is 2.74. The van der Waals surface area contributed by atoms with Crippen LogP contribution in [0.2, 0.25) is 5.02 Å². The summed E-state index contributed by atoms with van der Waals surface area (Å²) < 4.78 is 5.77. The fraction of sp³-hybridized carbons (Fsp3) is 0.200. The zero-order valence-electron chi connectivity index (χ0n) is 10.5. The normalized spacial score (nSPS) is 10.7. The molecule has 2 nitrogen and oxygen atoms in total. The van der Waals surface area contributed by atoms with Gasteiger partial charge in [-0.15, -0.1) is 0 Å².